The number of hydrogen-bond donors (Lipinski definition) is 0. The number of nitrogens with zero attached hydrogens (tertiary/aromatic N) is 4. The zero-order valence-corrected chi connectivity index (χ0v) is 13.4. The van der Waals surface area contributed by atoms with E-state index >= 15 is 0 Å². The van der Waals surface area contributed by atoms with Crippen molar-refractivity contribution in [3.05, 3.63) is 30.3 Å². The third-order valence-electron chi connectivity index (χ3n) is 3.10. The molecule has 0 amide bonds. The number of benzene rings is 1. The van der Waals surface area contributed by atoms with Crippen molar-refractivity contribution >= 4 is 16.7 Å². The van der Waals surface area contributed by atoms with E-state index < -0.39 is 0 Å². The molecule has 2 rings (SSSR count). The van der Waals surface area contributed by atoms with E-state index in [1.165, 1.54) is 11.5 Å². The first kappa shape index (κ1) is 14.9. The first-order valence-corrected chi connectivity index (χ1v) is 7.65. The third kappa shape index (κ3) is 3.77. The molecule has 0 radical (unpaired) electrons. The molecule has 0 atom stereocenters. The van der Waals surface area contributed by atoms with E-state index in [0.717, 1.165) is 29.6 Å². The maximum atomic E-state index is 4.69. The van der Waals surface area contributed by atoms with Crippen molar-refractivity contribution in [2.45, 2.75) is 19.9 Å². The molecule has 0 bridgehead atoms. The molecule has 0 saturated heterocycles. The van der Waals surface area contributed by atoms with Crippen molar-refractivity contribution in [3.8, 4) is 11.4 Å². The topological polar surface area (TPSA) is 32.3 Å². The maximum Gasteiger partial charge on any atom is 0.205 e. The summed E-state index contributed by atoms with van der Waals surface area (Å²) in [4.78, 5) is 9.19. The Morgan fingerprint density at radius 3 is 2.40 bits per heavy atom. The summed E-state index contributed by atoms with van der Waals surface area (Å²) in [5.41, 5.74) is 1.08. The molecule has 0 aliphatic rings. The van der Waals surface area contributed by atoms with Gasteiger partial charge in [0.05, 0.1) is 0 Å². The number of anilines is 1. The molecular formula is C15H22N4S. The summed E-state index contributed by atoms with van der Waals surface area (Å²) in [5, 5.41) is 1.00. The lowest BCUT2D eigenvalue weighted by Crippen LogP contribution is -2.36. The van der Waals surface area contributed by atoms with Gasteiger partial charge in [0.15, 0.2) is 5.82 Å². The lowest BCUT2D eigenvalue weighted by atomic mass is 10.2. The predicted octanol–water partition coefficient (Wildman–Crippen LogP) is 2.98. The van der Waals surface area contributed by atoms with Crippen LogP contribution in [0.3, 0.4) is 0 Å². The van der Waals surface area contributed by atoms with E-state index in [-0.39, 0.29) is 0 Å². The van der Waals surface area contributed by atoms with Gasteiger partial charge in [-0.1, -0.05) is 30.3 Å². The van der Waals surface area contributed by atoms with Crippen molar-refractivity contribution in [3.63, 3.8) is 0 Å². The van der Waals surface area contributed by atoms with E-state index in [1.807, 2.05) is 30.3 Å². The highest BCUT2D eigenvalue weighted by Crippen LogP contribution is 2.24. The summed E-state index contributed by atoms with van der Waals surface area (Å²) in [6, 6.07) is 10.6. The zero-order valence-electron chi connectivity index (χ0n) is 12.6. The van der Waals surface area contributed by atoms with Crippen LogP contribution in [0.5, 0.6) is 0 Å². The Morgan fingerprint density at radius 1 is 1.10 bits per heavy atom. The molecule has 0 N–H and O–H groups in total. The molecule has 4 nitrogen and oxygen atoms in total. The molecule has 20 heavy (non-hydrogen) atoms. The van der Waals surface area contributed by atoms with Gasteiger partial charge in [-0.05, 0) is 27.9 Å². The smallest absolute Gasteiger partial charge is 0.205 e. The average Bonchev–Trinajstić information content (AvgIpc) is 2.89. The first-order chi connectivity index (χ1) is 9.58. The van der Waals surface area contributed by atoms with Gasteiger partial charge in [0.1, 0.15) is 0 Å². The van der Waals surface area contributed by atoms with Crippen LogP contribution in [0.4, 0.5) is 5.13 Å². The Labute approximate surface area is 125 Å². The van der Waals surface area contributed by atoms with Gasteiger partial charge in [-0.25, -0.2) is 0 Å². The molecule has 0 fully saturated rings. The quantitative estimate of drug-likeness (QED) is 0.818. The van der Waals surface area contributed by atoms with Crippen LogP contribution in [-0.4, -0.2) is 47.5 Å². The predicted molar refractivity (Wildman–Crippen MR) is 86.4 cm³/mol. The van der Waals surface area contributed by atoms with Crippen LogP contribution in [0.15, 0.2) is 30.3 Å². The van der Waals surface area contributed by atoms with E-state index in [4.69, 9.17) is 4.98 Å². The van der Waals surface area contributed by atoms with Gasteiger partial charge >= 0.3 is 0 Å². The second-order valence-corrected chi connectivity index (χ2v) is 6.09. The maximum absolute atomic E-state index is 4.69. The summed E-state index contributed by atoms with van der Waals surface area (Å²) >= 11 is 1.48. The molecule has 1 aromatic heterocycles. The van der Waals surface area contributed by atoms with Crippen molar-refractivity contribution < 1.29 is 0 Å². The second kappa shape index (κ2) is 6.81. The fraction of sp³-hybridized carbons (Fsp3) is 0.467. The highest BCUT2D eigenvalue weighted by Gasteiger charge is 2.16. The Hall–Kier alpha value is -1.46. The molecule has 2 aromatic rings. The summed E-state index contributed by atoms with van der Waals surface area (Å²) in [6.45, 7) is 6.37. The highest BCUT2D eigenvalue weighted by atomic mass is 32.1. The number of likely N-dealkylation sites (N-methyl/N-ethyl adjacent to an activating group) is 1. The van der Waals surface area contributed by atoms with Gasteiger partial charge < -0.3 is 9.80 Å². The fourth-order valence-electron chi connectivity index (χ4n) is 1.92. The van der Waals surface area contributed by atoms with Crippen molar-refractivity contribution in [1.82, 2.24) is 14.3 Å². The molecular weight excluding hydrogens is 268 g/mol. The SMILES string of the molecule is CC(C)N(CCN(C)C)c1nc(-c2ccccc2)ns1. The van der Waals surface area contributed by atoms with Gasteiger partial charge in [-0.15, -0.1) is 0 Å². The number of rotatable bonds is 6. The summed E-state index contributed by atoms with van der Waals surface area (Å²) in [6.07, 6.45) is 0. The minimum Gasteiger partial charge on any atom is -0.343 e. The molecule has 0 aliphatic carbocycles. The van der Waals surface area contributed by atoms with Crippen LogP contribution in [0.1, 0.15) is 13.8 Å². The third-order valence-corrected chi connectivity index (χ3v) is 3.86. The zero-order chi connectivity index (χ0) is 14.5. The summed E-state index contributed by atoms with van der Waals surface area (Å²) in [5.74, 6) is 0.820. The van der Waals surface area contributed by atoms with Crippen LogP contribution in [0, 0.1) is 0 Å². The number of aromatic nitrogens is 2. The Bertz CT molecular complexity index is 522. The summed E-state index contributed by atoms with van der Waals surface area (Å²) < 4.78 is 4.49. The van der Waals surface area contributed by atoms with Gasteiger partial charge in [0.2, 0.25) is 5.13 Å². The number of hydrogen-bond acceptors (Lipinski definition) is 5. The molecule has 108 valence electrons. The minimum absolute atomic E-state index is 0.423. The van der Waals surface area contributed by atoms with Crippen LogP contribution in [0.2, 0.25) is 0 Å². The van der Waals surface area contributed by atoms with Crippen LogP contribution < -0.4 is 4.90 Å². The molecule has 5 heteroatoms. The Kier molecular flexibility index (Phi) is 5.09. The normalized spacial score (nSPS) is 11.3. The molecule has 1 heterocycles. The van der Waals surface area contributed by atoms with Crippen molar-refractivity contribution in [1.29, 1.82) is 0 Å². The van der Waals surface area contributed by atoms with Crippen LogP contribution in [0.25, 0.3) is 11.4 Å². The standard InChI is InChI=1S/C15H22N4S/c1-12(2)19(11-10-18(3)4)15-16-14(17-20-15)13-8-6-5-7-9-13/h5-9,12H,10-11H2,1-4H3. The largest absolute Gasteiger partial charge is 0.343 e. The second-order valence-electron chi connectivity index (χ2n) is 5.36. The molecule has 0 saturated carbocycles. The van der Waals surface area contributed by atoms with Crippen molar-refractivity contribution in [2.75, 3.05) is 32.1 Å². The van der Waals surface area contributed by atoms with E-state index in [0.29, 0.717) is 6.04 Å². The van der Waals surface area contributed by atoms with E-state index in [9.17, 15) is 0 Å². The van der Waals surface area contributed by atoms with Gasteiger partial charge in [-0.2, -0.15) is 9.36 Å². The van der Waals surface area contributed by atoms with Crippen LogP contribution >= 0.6 is 11.5 Å². The monoisotopic (exact) mass is 290 g/mol. The Morgan fingerprint density at radius 2 is 1.80 bits per heavy atom. The van der Waals surface area contributed by atoms with Gasteiger partial charge in [-0.3, -0.25) is 0 Å². The van der Waals surface area contributed by atoms with Crippen molar-refractivity contribution in [2.24, 2.45) is 0 Å². The van der Waals surface area contributed by atoms with Gasteiger partial charge in [0, 0.05) is 36.2 Å². The molecule has 0 unspecified atom stereocenters. The van der Waals surface area contributed by atoms with Crippen LogP contribution in [-0.2, 0) is 0 Å². The lowest BCUT2D eigenvalue weighted by Gasteiger charge is -2.27. The lowest BCUT2D eigenvalue weighted by molar-refractivity contribution is 0.408. The minimum atomic E-state index is 0.423. The summed E-state index contributed by atoms with van der Waals surface area (Å²) in [7, 11) is 4.18. The van der Waals surface area contributed by atoms with E-state index in [1.54, 1.807) is 0 Å². The fourth-order valence-corrected chi connectivity index (χ4v) is 2.77. The highest BCUT2D eigenvalue weighted by molar-refractivity contribution is 7.09. The first-order valence-electron chi connectivity index (χ1n) is 6.88. The van der Waals surface area contributed by atoms with Gasteiger partial charge in [0.25, 0.3) is 0 Å². The molecule has 0 aliphatic heterocycles. The molecule has 0 spiro atoms. The molecule has 1 aromatic carbocycles. The van der Waals surface area contributed by atoms with E-state index in [2.05, 4.69) is 42.1 Å². The Balaban J connectivity index is 2.16. The average molecular weight is 290 g/mol.